The van der Waals surface area contributed by atoms with Crippen LogP contribution in [0.1, 0.15) is 37.5 Å². The molecule has 0 aliphatic carbocycles. The van der Waals surface area contributed by atoms with E-state index in [0.29, 0.717) is 6.42 Å². The van der Waals surface area contributed by atoms with Gasteiger partial charge in [0, 0.05) is 6.42 Å². The minimum atomic E-state index is -0.201. The molecule has 0 amide bonds. The molecule has 0 bridgehead atoms. The molecule has 0 unspecified atom stereocenters. The van der Waals surface area contributed by atoms with Crippen molar-refractivity contribution in [1.82, 2.24) is 0 Å². The fourth-order valence-corrected chi connectivity index (χ4v) is 2.18. The molecule has 0 saturated carbocycles. The Balaban J connectivity index is 2.18. The zero-order chi connectivity index (χ0) is 14.5. The van der Waals surface area contributed by atoms with Gasteiger partial charge in [-0.05, 0) is 36.1 Å². The van der Waals surface area contributed by atoms with E-state index in [-0.39, 0.29) is 12.1 Å². The summed E-state index contributed by atoms with van der Waals surface area (Å²) >= 11 is 0. The van der Waals surface area contributed by atoms with Crippen molar-refractivity contribution < 1.29 is 9.53 Å². The molecule has 0 saturated heterocycles. The van der Waals surface area contributed by atoms with Crippen molar-refractivity contribution in [2.24, 2.45) is 0 Å². The summed E-state index contributed by atoms with van der Waals surface area (Å²) in [5.74, 6) is -0.166. The predicted octanol–water partition coefficient (Wildman–Crippen LogP) is 4.68. The molecule has 2 aromatic carbocycles. The highest BCUT2D eigenvalue weighted by Gasteiger charge is 2.10. The molecular formula is C18H20O2. The molecule has 2 rings (SSSR count). The van der Waals surface area contributed by atoms with Crippen LogP contribution in [0.25, 0.3) is 11.1 Å². The second kappa shape index (κ2) is 6.38. The highest BCUT2D eigenvalue weighted by molar-refractivity contribution is 5.69. The highest BCUT2D eigenvalue weighted by Crippen LogP contribution is 2.25. The van der Waals surface area contributed by atoms with Crippen LogP contribution in [-0.4, -0.2) is 5.97 Å². The van der Waals surface area contributed by atoms with Crippen LogP contribution in [0.15, 0.2) is 48.5 Å². The largest absolute Gasteiger partial charge is 0.458 e. The van der Waals surface area contributed by atoms with Crippen LogP contribution in [0.4, 0.5) is 0 Å². The third-order valence-corrected chi connectivity index (χ3v) is 3.43. The minimum absolute atomic E-state index is 0.166. The summed E-state index contributed by atoms with van der Waals surface area (Å²) in [5, 5.41) is 0. The molecular weight excluding hydrogens is 248 g/mol. The van der Waals surface area contributed by atoms with E-state index >= 15 is 0 Å². The molecule has 20 heavy (non-hydrogen) atoms. The SMILES string of the molecule is CCC(=O)O[C@@H](C)c1ccc(-c2ccccc2C)cc1. The minimum Gasteiger partial charge on any atom is -0.458 e. The number of esters is 1. The first-order valence-electron chi connectivity index (χ1n) is 6.97. The Hall–Kier alpha value is -2.09. The topological polar surface area (TPSA) is 26.3 Å². The number of hydrogen-bond acceptors (Lipinski definition) is 2. The zero-order valence-corrected chi connectivity index (χ0v) is 12.2. The number of ether oxygens (including phenoxy) is 1. The van der Waals surface area contributed by atoms with Gasteiger partial charge in [-0.1, -0.05) is 55.5 Å². The molecule has 0 aliphatic heterocycles. The Bertz CT molecular complexity index is 585. The van der Waals surface area contributed by atoms with Crippen molar-refractivity contribution in [3.63, 3.8) is 0 Å². The fraction of sp³-hybridized carbons (Fsp3) is 0.278. The van der Waals surface area contributed by atoms with Gasteiger partial charge in [0.25, 0.3) is 0 Å². The van der Waals surface area contributed by atoms with E-state index in [4.69, 9.17) is 4.74 Å². The lowest BCUT2D eigenvalue weighted by molar-refractivity contribution is -0.148. The van der Waals surface area contributed by atoms with Crippen molar-refractivity contribution >= 4 is 5.97 Å². The van der Waals surface area contributed by atoms with Gasteiger partial charge >= 0.3 is 5.97 Å². The van der Waals surface area contributed by atoms with Crippen LogP contribution >= 0.6 is 0 Å². The Kier molecular flexibility index (Phi) is 4.57. The van der Waals surface area contributed by atoms with Gasteiger partial charge in [-0.15, -0.1) is 0 Å². The monoisotopic (exact) mass is 268 g/mol. The third-order valence-electron chi connectivity index (χ3n) is 3.43. The number of carbonyl (C=O) groups excluding carboxylic acids is 1. The summed E-state index contributed by atoms with van der Waals surface area (Å²) in [5.41, 5.74) is 4.69. The highest BCUT2D eigenvalue weighted by atomic mass is 16.5. The first-order chi connectivity index (χ1) is 9.61. The van der Waals surface area contributed by atoms with Gasteiger partial charge in [-0.3, -0.25) is 4.79 Å². The zero-order valence-electron chi connectivity index (χ0n) is 12.2. The first-order valence-corrected chi connectivity index (χ1v) is 6.97. The second-order valence-electron chi connectivity index (χ2n) is 4.92. The lowest BCUT2D eigenvalue weighted by atomic mass is 9.99. The molecule has 0 N–H and O–H groups in total. The number of carbonyl (C=O) groups is 1. The maximum absolute atomic E-state index is 11.3. The standard InChI is InChI=1S/C18H20O2/c1-4-18(19)20-14(3)15-9-11-16(12-10-15)17-8-6-5-7-13(17)2/h5-12,14H,4H2,1-3H3/t14-/m0/s1. The molecule has 0 radical (unpaired) electrons. The van der Waals surface area contributed by atoms with Gasteiger partial charge in [-0.2, -0.15) is 0 Å². The van der Waals surface area contributed by atoms with E-state index in [2.05, 4.69) is 31.2 Å². The number of rotatable bonds is 4. The summed E-state index contributed by atoms with van der Waals surface area (Å²) < 4.78 is 5.32. The lowest BCUT2D eigenvalue weighted by Crippen LogP contribution is -2.07. The average Bonchev–Trinajstić information content (AvgIpc) is 2.47. The number of aryl methyl sites for hydroxylation is 1. The fourth-order valence-electron chi connectivity index (χ4n) is 2.18. The van der Waals surface area contributed by atoms with Gasteiger partial charge < -0.3 is 4.74 Å². The second-order valence-corrected chi connectivity index (χ2v) is 4.92. The normalized spacial score (nSPS) is 11.9. The van der Waals surface area contributed by atoms with Crippen LogP contribution in [-0.2, 0) is 9.53 Å². The maximum atomic E-state index is 11.3. The van der Waals surface area contributed by atoms with Gasteiger partial charge in [0.05, 0.1) is 0 Å². The van der Waals surface area contributed by atoms with Crippen molar-refractivity contribution in [2.75, 3.05) is 0 Å². The molecule has 0 aromatic heterocycles. The summed E-state index contributed by atoms with van der Waals surface area (Å²) in [7, 11) is 0. The van der Waals surface area contributed by atoms with Crippen molar-refractivity contribution in [3.05, 3.63) is 59.7 Å². The van der Waals surface area contributed by atoms with E-state index in [9.17, 15) is 4.79 Å². The molecule has 0 heterocycles. The first kappa shape index (κ1) is 14.3. The van der Waals surface area contributed by atoms with Crippen molar-refractivity contribution in [3.8, 4) is 11.1 Å². The van der Waals surface area contributed by atoms with Crippen LogP contribution in [0.2, 0.25) is 0 Å². The maximum Gasteiger partial charge on any atom is 0.306 e. The molecule has 0 aliphatic rings. The average molecular weight is 268 g/mol. The van der Waals surface area contributed by atoms with Gasteiger partial charge in [0.1, 0.15) is 6.10 Å². The Labute approximate surface area is 120 Å². The van der Waals surface area contributed by atoms with E-state index in [1.807, 2.05) is 31.2 Å². The van der Waals surface area contributed by atoms with Gasteiger partial charge in [0.2, 0.25) is 0 Å². The quantitative estimate of drug-likeness (QED) is 0.753. The van der Waals surface area contributed by atoms with Crippen LogP contribution < -0.4 is 0 Å². The summed E-state index contributed by atoms with van der Waals surface area (Å²) in [4.78, 5) is 11.3. The van der Waals surface area contributed by atoms with E-state index in [1.165, 1.54) is 16.7 Å². The Morgan fingerprint density at radius 3 is 2.35 bits per heavy atom. The molecule has 104 valence electrons. The van der Waals surface area contributed by atoms with Crippen molar-refractivity contribution in [2.45, 2.75) is 33.3 Å². The van der Waals surface area contributed by atoms with Gasteiger partial charge in [0.15, 0.2) is 0 Å². The van der Waals surface area contributed by atoms with Crippen LogP contribution in [0.3, 0.4) is 0 Å². The molecule has 2 nitrogen and oxygen atoms in total. The van der Waals surface area contributed by atoms with Crippen molar-refractivity contribution in [1.29, 1.82) is 0 Å². The number of benzene rings is 2. The smallest absolute Gasteiger partial charge is 0.306 e. The molecule has 0 spiro atoms. The van der Waals surface area contributed by atoms with Gasteiger partial charge in [-0.25, -0.2) is 0 Å². The van der Waals surface area contributed by atoms with Crippen LogP contribution in [0, 0.1) is 6.92 Å². The van der Waals surface area contributed by atoms with E-state index in [0.717, 1.165) is 5.56 Å². The predicted molar refractivity (Wildman–Crippen MR) is 81.4 cm³/mol. The summed E-state index contributed by atoms with van der Waals surface area (Å²) in [6, 6.07) is 16.5. The number of hydrogen-bond donors (Lipinski definition) is 0. The third kappa shape index (κ3) is 3.27. The Morgan fingerprint density at radius 2 is 1.75 bits per heavy atom. The Morgan fingerprint density at radius 1 is 1.10 bits per heavy atom. The molecule has 1 atom stereocenters. The van der Waals surface area contributed by atoms with E-state index in [1.54, 1.807) is 6.92 Å². The molecule has 2 heteroatoms. The molecule has 2 aromatic rings. The lowest BCUT2D eigenvalue weighted by Gasteiger charge is -2.14. The summed E-state index contributed by atoms with van der Waals surface area (Å²) in [6.45, 7) is 5.81. The molecule has 0 fully saturated rings. The van der Waals surface area contributed by atoms with Crippen LogP contribution in [0.5, 0.6) is 0 Å². The van der Waals surface area contributed by atoms with E-state index < -0.39 is 0 Å². The summed E-state index contributed by atoms with van der Waals surface area (Å²) in [6.07, 6.45) is 0.208.